The first-order valence-electron chi connectivity index (χ1n) is 7.72. The van der Waals surface area contributed by atoms with E-state index in [1.807, 2.05) is 0 Å². The zero-order valence-electron chi connectivity index (χ0n) is 13.0. The van der Waals surface area contributed by atoms with Crippen LogP contribution >= 0.6 is 0 Å². The van der Waals surface area contributed by atoms with E-state index in [0.717, 1.165) is 25.7 Å². The number of hydrogen-bond donors (Lipinski definition) is 2. The quantitative estimate of drug-likeness (QED) is 0.884. The second-order valence-electron chi connectivity index (χ2n) is 6.63. The van der Waals surface area contributed by atoms with Gasteiger partial charge in [0.25, 0.3) is 0 Å². The molecule has 0 spiro atoms. The Balaban J connectivity index is 1.99. The third kappa shape index (κ3) is 4.01. The van der Waals surface area contributed by atoms with Crippen LogP contribution in [-0.4, -0.2) is 17.3 Å². The number of aliphatic hydroxyl groups is 1. The smallest absolute Gasteiger partial charge is 0.128 e. The highest BCUT2D eigenvalue weighted by molar-refractivity contribution is 5.27. The van der Waals surface area contributed by atoms with Crippen LogP contribution in [0.3, 0.4) is 0 Å². The maximum atomic E-state index is 13.9. The predicted octanol–water partition coefficient (Wildman–Crippen LogP) is 3.87. The van der Waals surface area contributed by atoms with E-state index in [2.05, 4.69) is 12.2 Å². The lowest BCUT2D eigenvalue weighted by molar-refractivity contribution is -0.00791. The minimum atomic E-state index is -0.722. The molecule has 0 aliphatic heterocycles. The van der Waals surface area contributed by atoms with Crippen LogP contribution in [0.25, 0.3) is 0 Å². The highest BCUT2D eigenvalue weighted by atomic mass is 19.1. The largest absolute Gasteiger partial charge is 0.389 e. The lowest BCUT2D eigenvalue weighted by Crippen LogP contribution is -2.44. The van der Waals surface area contributed by atoms with E-state index in [1.165, 1.54) is 12.1 Å². The topological polar surface area (TPSA) is 32.3 Å². The molecular weight excluding hydrogens is 272 g/mol. The summed E-state index contributed by atoms with van der Waals surface area (Å²) in [6.45, 7) is 5.95. The van der Waals surface area contributed by atoms with Crippen molar-refractivity contribution < 1.29 is 13.9 Å². The molecular formula is C17H25F2NO. The zero-order valence-corrected chi connectivity index (χ0v) is 13.0. The number of halogens is 2. The van der Waals surface area contributed by atoms with Crippen LogP contribution in [0.1, 0.15) is 56.7 Å². The molecule has 1 aromatic carbocycles. The first-order chi connectivity index (χ1) is 9.81. The van der Waals surface area contributed by atoms with Crippen LogP contribution in [0, 0.1) is 24.5 Å². The van der Waals surface area contributed by atoms with Crippen molar-refractivity contribution in [2.24, 2.45) is 5.92 Å². The molecule has 0 amide bonds. The number of aryl methyl sites for hydroxylation is 1. The fraction of sp³-hybridized carbons (Fsp3) is 0.647. The third-order valence-corrected chi connectivity index (χ3v) is 4.69. The maximum Gasteiger partial charge on any atom is 0.128 e. The average Bonchev–Trinajstić information content (AvgIpc) is 2.44. The van der Waals surface area contributed by atoms with Gasteiger partial charge in [0.2, 0.25) is 0 Å². The fourth-order valence-corrected chi connectivity index (χ4v) is 2.92. The van der Waals surface area contributed by atoms with E-state index >= 15 is 0 Å². The van der Waals surface area contributed by atoms with Crippen LogP contribution < -0.4 is 5.32 Å². The van der Waals surface area contributed by atoms with Crippen molar-refractivity contribution in [2.45, 2.75) is 58.1 Å². The Morgan fingerprint density at radius 3 is 2.52 bits per heavy atom. The molecule has 0 heterocycles. The van der Waals surface area contributed by atoms with Crippen molar-refractivity contribution in [3.63, 3.8) is 0 Å². The Kier molecular flexibility index (Phi) is 4.99. The van der Waals surface area contributed by atoms with Gasteiger partial charge in [0.15, 0.2) is 0 Å². The lowest BCUT2D eigenvalue weighted by Gasteiger charge is -2.36. The van der Waals surface area contributed by atoms with E-state index in [1.54, 1.807) is 13.8 Å². The second kappa shape index (κ2) is 6.41. The Labute approximate surface area is 125 Å². The van der Waals surface area contributed by atoms with Crippen molar-refractivity contribution >= 4 is 0 Å². The second-order valence-corrected chi connectivity index (χ2v) is 6.63. The van der Waals surface area contributed by atoms with Crippen molar-refractivity contribution in [3.05, 3.63) is 34.9 Å². The molecule has 2 rings (SSSR count). The van der Waals surface area contributed by atoms with Crippen LogP contribution in [0.2, 0.25) is 0 Å². The van der Waals surface area contributed by atoms with Crippen LogP contribution in [0.5, 0.6) is 0 Å². The van der Waals surface area contributed by atoms with Gasteiger partial charge in [0.1, 0.15) is 11.6 Å². The Bertz CT molecular complexity index is 496. The Morgan fingerprint density at radius 2 is 1.90 bits per heavy atom. The zero-order chi connectivity index (χ0) is 15.6. The molecule has 2 N–H and O–H groups in total. The van der Waals surface area contributed by atoms with Crippen LogP contribution in [-0.2, 0) is 0 Å². The number of rotatable bonds is 4. The molecule has 1 fully saturated rings. The molecule has 2 nitrogen and oxygen atoms in total. The van der Waals surface area contributed by atoms with E-state index < -0.39 is 17.2 Å². The van der Waals surface area contributed by atoms with E-state index in [4.69, 9.17) is 0 Å². The van der Waals surface area contributed by atoms with Gasteiger partial charge in [-0.1, -0.05) is 6.92 Å². The molecule has 21 heavy (non-hydrogen) atoms. The summed E-state index contributed by atoms with van der Waals surface area (Å²) in [5, 5.41) is 13.7. The standard InChI is InChI=1S/C17H25F2NO/c1-11-4-6-17(21,7-5-11)10-20-13(3)14-9-15(18)12(2)8-16(14)19/h8-9,11,13,20-21H,4-7,10H2,1-3H3. The van der Waals surface area contributed by atoms with E-state index in [0.29, 0.717) is 23.6 Å². The number of hydrogen-bond acceptors (Lipinski definition) is 2. The highest BCUT2D eigenvalue weighted by Crippen LogP contribution is 2.32. The first-order valence-corrected chi connectivity index (χ1v) is 7.72. The molecule has 0 radical (unpaired) electrons. The molecule has 4 heteroatoms. The fourth-order valence-electron chi connectivity index (χ4n) is 2.92. The maximum absolute atomic E-state index is 13.9. The normalized spacial score (nSPS) is 27.6. The van der Waals surface area contributed by atoms with Crippen LogP contribution in [0.15, 0.2) is 12.1 Å². The van der Waals surface area contributed by atoms with Gasteiger partial charge in [-0.2, -0.15) is 0 Å². The summed E-state index contributed by atoms with van der Waals surface area (Å²) in [4.78, 5) is 0. The summed E-state index contributed by atoms with van der Waals surface area (Å²) in [5.74, 6) is -0.144. The molecule has 1 aliphatic rings. The highest BCUT2D eigenvalue weighted by Gasteiger charge is 2.32. The van der Waals surface area contributed by atoms with E-state index in [9.17, 15) is 13.9 Å². The number of nitrogens with one attached hydrogen (secondary N) is 1. The molecule has 1 unspecified atom stereocenters. The SMILES string of the molecule is Cc1cc(F)c(C(C)NCC2(O)CCC(C)CC2)cc1F. The van der Waals surface area contributed by atoms with Crippen molar-refractivity contribution in [2.75, 3.05) is 6.54 Å². The molecule has 118 valence electrons. The summed E-state index contributed by atoms with van der Waals surface area (Å²) in [5.41, 5.74) is -0.102. The van der Waals surface area contributed by atoms with Crippen LogP contribution in [0.4, 0.5) is 8.78 Å². The summed E-state index contributed by atoms with van der Waals surface area (Å²) in [6.07, 6.45) is 3.55. The van der Waals surface area contributed by atoms with Gasteiger partial charge in [0.05, 0.1) is 5.60 Å². The van der Waals surface area contributed by atoms with Crippen molar-refractivity contribution in [3.8, 4) is 0 Å². The molecule has 1 saturated carbocycles. The first kappa shape index (κ1) is 16.4. The lowest BCUT2D eigenvalue weighted by atomic mass is 9.79. The molecule has 0 bridgehead atoms. The van der Waals surface area contributed by atoms with Crippen molar-refractivity contribution in [1.82, 2.24) is 5.32 Å². The molecule has 1 aromatic rings. The predicted molar refractivity (Wildman–Crippen MR) is 80.1 cm³/mol. The summed E-state index contributed by atoms with van der Waals surface area (Å²) < 4.78 is 27.5. The minimum Gasteiger partial charge on any atom is -0.389 e. The summed E-state index contributed by atoms with van der Waals surface area (Å²) in [7, 11) is 0. The van der Waals surface area contributed by atoms with Gasteiger partial charge in [-0.05, 0) is 63.1 Å². The van der Waals surface area contributed by atoms with Gasteiger partial charge >= 0.3 is 0 Å². The molecule has 0 aromatic heterocycles. The number of benzene rings is 1. The summed E-state index contributed by atoms with van der Waals surface area (Å²) in [6, 6.07) is 2.14. The Hall–Kier alpha value is -1.00. The molecule has 0 saturated heterocycles. The molecule has 1 atom stereocenters. The average molecular weight is 297 g/mol. The van der Waals surface area contributed by atoms with Crippen molar-refractivity contribution in [1.29, 1.82) is 0 Å². The van der Waals surface area contributed by atoms with Gasteiger partial charge in [-0.15, -0.1) is 0 Å². The summed E-state index contributed by atoms with van der Waals surface area (Å²) >= 11 is 0. The molecule has 1 aliphatic carbocycles. The van der Waals surface area contributed by atoms with Gasteiger partial charge in [-0.3, -0.25) is 0 Å². The minimum absolute atomic E-state index is 0.309. The Morgan fingerprint density at radius 1 is 1.29 bits per heavy atom. The monoisotopic (exact) mass is 297 g/mol. The third-order valence-electron chi connectivity index (χ3n) is 4.69. The van der Waals surface area contributed by atoms with E-state index in [-0.39, 0.29) is 6.04 Å². The van der Waals surface area contributed by atoms with Gasteiger partial charge in [-0.25, -0.2) is 8.78 Å². The van der Waals surface area contributed by atoms with Gasteiger partial charge < -0.3 is 10.4 Å². The van der Waals surface area contributed by atoms with Gasteiger partial charge in [0, 0.05) is 18.2 Å².